The fraction of sp³-hybridized carbons (Fsp3) is 0.188. The zero-order valence-electron chi connectivity index (χ0n) is 11.3. The lowest BCUT2D eigenvalue weighted by Gasteiger charge is -2.00. The second kappa shape index (κ2) is 4.00. The van der Waals surface area contributed by atoms with Crippen LogP contribution in [-0.2, 0) is 0 Å². The van der Waals surface area contributed by atoms with Crippen LogP contribution in [0.15, 0.2) is 40.8 Å². The molecule has 2 aromatic carbocycles. The highest BCUT2D eigenvalue weighted by Gasteiger charge is 2.20. The molecule has 0 amide bonds. The van der Waals surface area contributed by atoms with Crippen LogP contribution in [0.2, 0.25) is 0 Å². The van der Waals surface area contributed by atoms with Gasteiger partial charge >= 0.3 is 0 Å². The molecule has 100 valence electrons. The molecule has 1 unspecified atom stereocenters. The largest absolute Gasteiger partial charge is 0.469 e. The van der Waals surface area contributed by atoms with E-state index in [0.717, 1.165) is 28.1 Å². The monoisotopic (exact) mass is 266 g/mol. The van der Waals surface area contributed by atoms with Crippen LogP contribution in [-0.4, -0.2) is 11.2 Å². The fourth-order valence-electron chi connectivity index (χ4n) is 2.42. The molecule has 4 heteroatoms. The summed E-state index contributed by atoms with van der Waals surface area (Å²) in [6, 6.07) is 12.0. The van der Waals surface area contributed by atoms with Crippen molar-refractivity contribution >= 4 is 16.8 Å². The van der Waals surface area contributed by atoms with E-state index in [9.17, 15) is 0 Å². The van der Waals surface area contributed by atoms with Crippen molar-refractivity contribution < 1.29 is 9.15 Å². The Balaban J connectivity index is 1.82. The topological polar surface area (TPSA) is 47.3 Å². The predicted molar refractivity (Wildman–Crippen MR) is 77.9 cm³/mol. The molecule has 2 heterocycles. The Morgan fingerprint density at radius 2 is 1.95 bits per heavy atom. The molecule has 4 rings (SSSR count). The van der Waals surface area contributed by atoms with Gasteiger partial charge in [-0.1, -0.05) is 17.7 Å². The summed E-state index contributed by atoms with van der Waals surface area (Å²) in [5.41, 5.74) is 4.74. The quantitative estimate of drug-likeness (QED) is 0.724. The maximum atomic E-state index is 5.85. The van der Waals surface area contributed by atoms with E-state index in [2.05, 4.69) is 29.4 Å². The molecule has 0 saturated heterocycles. The van der Waals surface area contributed by atoms with E-state index in [1.54, 1.807) is 0 Å². The molecule has 4 nitrogen and oxygen atoms in total. The van der Waals surface area contributed by atoms with Crippen LogP contribution in [0.25, 0.3) is 22.6 Å². The number of hydrogen-bond acceptors (Lipinski definition) is 4. The zero-order valence-corrected chi connectivity index (χ0v) is 11.3. The van der Waals surface area contributed by atoms with Gasteiger partial charge in [0.2, 0.25) is 5.89 Å². The van der Waals surface area contributed by atoms with Gasteiger partial charge in [0, 0.05) is 17.7 Å². The summed E-state index contributed by atoms with van der Waals surface area (Å²) in [5, 5.41) is 3.24. The number of aromatic nitrogens is 1. The first-order valence-corrected chi connectivity index (χ1v) is 6.64. The lowest BCUT2D eigenvalue weighted by molar-refractivity contribution is 0.275. The minimum atomic E-state index is -0.00641. The summed E-state index contributed by atoms with van der Waals surface area (Å²) in [5.74, 6) is 1.46. The first kappa shape index (κ1) is 11.3. The first-order valence-electron chi connectivity index (χ1n) is 6.64. The number of aryl methyl sites for hydroxylation is 1. The Morgan fingerprint density at radius 1 is 1.15 bits per heavy atom. The average Bonchev–Trinajstić information content (AvgIpc) is 2.97. The van der Waals surface area contributed by atoms with Gasteiger partial charge < -0.3 is 14.5 Å². The summed E-state index contributed by atoms with van der Waals surface area (Å²) in [7, 11) is 0. The standard InChI is InChI=1S/C16H14N2O2/c1-9-3-5-11(6-4-9)16-18-13-8-14-12(7-15(13)20-16)17-10(2)19-14/h3-8,10,17H,1-2H3. The highest BCUT2D eigenvalue weighted by Crippen LogP contribution is 2.37. The molecule has 0 spiro atoms. The second-order valence-electron chi connectivity index (χ2n) is 5.11. The number of benzene rings is 2. The Hall–Kier alpha value is -2.49. The van der Waals surface area contributed by atoms with Crippen molar-refractivity contribution in [3.63, 3.8) is 0 Å². The lowest BCUT2D eigenvalue weighted by Crippen LogP contribution is -2.13. The van der Waals surface area contributed by atoms with Gasteiger partial charge in [-0.3, -0.25) is 0 Å². The van der Waals surface area contributed by atoms with Gasteiger partial charge in [-0.2, -0.15) is 0 Å². The number of rotatable bonds is 1. The van der Waals surface area contributed by atoms with Crippen LogP contribution in [0.1, 0.15) is 12.5 Å². The molecular formula is C16H14N2O2. The smallest absolute Gasteiger partial charge is 0.227 e. The Morgan fingerprint density at radius 3 is 2.75 bits per heavy atom. The SMILES string of the molecule is Cc1ccc(-c2nc3cc4c(cc3o2)NC(C)O4)cc1. The lowest BCUT2D eigenvalue weighted by atomic mass is 10.1. The summed E-state index contributed by atoms with van der Waals surface area (Å²) in [6.07, 6.45) is -0.00641. The molecule has 0 aliphatic carbocycles. The molecule has 1 aromatic heterocycles. The van der Waals surface area contributed by atoms with Gasteiger partial charge in [0.25, 0.3) is 0 Å². The minimum Gasteiger partial charge on any atom is -0.469 e. The number of oxazole rings is 1. The second-order valence-corrected chi connectivity index (χ2v) is 5.11. The maximum absolute atomic E-state index is 5.85. The Kier molecular flexibility index (Phi) is 2.27. The van der Waals surface area contributed by atoms with Crippen molar-refractivity contribution in [3.05, 3.63) is 42.0 Å². The fourth-order valence-corrected chi connectivity index (χ4v) is 2.42. The first-order chi connectivity index (χ1) is 9.69. The number of nitrogens with zero attached hydrogens (tertiary/aromatic N) is 1. The third-order valence-electron chi connectivity index (χ3n) is 3.45. The van der Waals surface area contributed by atoms with Crippen molar-refractivity contribution in [1.29, 1.82) is 0 Å². The number of nitrogens with one attached hydrogen (secondary N) is 1. The van der Waals surface area contributed by atoms with Crippen LogP contribution in [0, 0.1) is 6.92 Å². The van der Waals surface area contributed by atoms with E-state index in [1.165, 1.54) is 5.56 Å². The molecule has 0 radical (unpaired) electrons. The summed E-state index contributed by atoms with van der Waals surface area (Å²) in [4.78, 5) is 4.54. The normalized spacial score (nSPS) is 16.8. The van der Waals surface area contributed by atoms with Crippen molar-refractivity contribution in [2.75, 3.05) is 5.32 Å². The molecule has 1 aliphatic rings. The average molecular weight is 266 g/mol. The van der Waals surface area contributed by atoms with Crippen LogP contribution in [0.3, 0.4) is 0 Å². The highest BCUT2D eigenvalue weighted by atomic mass is 16.5. The van der Waals surface area contributed by atoms with Crippen LogP contribution < -0.4 is 10.1 Å². The van der Waals surface area contributed by atoms with E-state index >= 15 is 0 Å². The maximum Gasteiger partial charge on any atom is 0.227 e. The number of anilines is 1. The number of hydrogen-bond donors (Lipinski definition) is 1. The molecule has 0 saturated carbocycles. The summed E-state index contributed by atoms with van der Waals surface area (Å²) < 4.78 is 11.5. The molecular weight excluding hydrogens is 252 g/mol. The van der Waals surface area contributed by atoms with Crippen molar-refractivity contribution in [2.45, 2.75) is 20.1 Å². The van der Waals surface area contributed by atoms with Crippen LogP contribution in [0.4, 0.5) is 5.69 Å². The molecule has 1 N–H and O–H groups in total. The molecule has 1 aliphatic heterocycles. The molecule has 1 atom stereocenters. The van der Waals surface area contributed by atoms with Gasteiger partial charge in [0.15, 0.2) is 11.8 Å². The number of fused-ring (bicyclic) bond motifs is 2. The van der Waals surface area contributed by atoms with Crippen LogP contribution in [0.5, 0.6) is 5.75 Å². The van der Waals surface area contributed by atoms with Gasteiger partial charge in [0.05, 0.1) is 5.69 Å². The van der Waals surface area contributed by atoms with Crippen molar-refractivity contribution in [1.82, 2.24) is 4.98 Å². The zero-order chi connectivity index (χ0) is 13.7. The Labute approximate surface area is 116 Å². The Bertz CT molecular complexity index is 747. The molecule has 0 bridgehead atoms. The summed E-state index contributed by atoms with van der Waals surface area (Å²) >= 11 is 0. The highest BCUT2D eigenvalue weighted by molar-refractivity contribution is 5.84. The van der Waals surface area contributed by atoms with Gasteiger partial charge in [0.1, 0.15) is 11.3 Å². The van der Waals surface area contributed by atoms with E-state index < -0.39 is 0 Å². The molecule has 3 aromatic rings. The van der Waals surface area contributed by atoms with E-state index in [1.807, 2.05) is 31.2 Å². The minimum absolute atomic E-state index is 0.00641. The van der Waals surface area contributed by atoms with Crippen LogP contribution >= 0.6 is 0 Å². The summed E-state index contributed by atoms with van der Waals surface area (Å²) in [6.45, 7) is 4.03. The predicted octanol–water partition coefficient (Wildman–Crippen LogP) is 3.95. The van der Waals surface area contributed by atoms with E-state index in [-0.39, 0.29) is 6.23 Å². The third kappa shape index (κ3) is 1.72. The van der Waals surface area contributed by atoms with E-state index in [4.69, 9.17) is 9.15 Å². The van der Waals surface area contributed by atoms with Crippen molar-refractivity contribution in [2.24, 2.45) is 0 Å². The van der Waals surface area contributed by atoms with E-state index in [0.29, 0.717) is 5.89 Å². The molecule has 0 fully saturated rings. The molecule has 20 heavy (non-hydrogen) atoms. The van der Waals surface area contributed by atoms with Gasteiger partial charge in [-0.05, 0) is 26.0 Å². The third-order valence-corrected chi connectivity index (χ3v) is 3.45. The van der Waals surface area contributed by atoms with Gasteiger partial charge in [-0.25, -0.2) is 4.98 Å². The van der Waals surface area contributed by atoms with Crippen molar-refractivity contribution in [3.8, 4) is 17.2 Å². The number of ether oxygens (including phenoxy) is 1. The van der Waals surface area contributed by atoms with Gasteiger partial charge in [-0.15, -0.1) is 0 Å².